The second kappa shape index (κ2) is 7.29. The Morgan fingerprint density at radius 3 is 2.79 bits per heavy atom. The molecule has 8 heteroatoms. The van der Waals surface area contributed by atoms with Crippen LogP contribution in [0.4, 0.5) is 4.39 Å². The fourth-order valence-electron chi connectivity index (χ4n) is 3.07. The van der Waals surface area contributed by atoms with E-state index in [1.165, 1.54) is 23.5 Å². The van der Waals surface area contributed by atoms with Crippen LogP contribution in [0.2, 0.25) is 0 Å². The third-order valence-corrected chi connectivity index (χ3v) is 6.22. The van der Waals surface area contributed by atoms with Crippen molar-refractivity contribution in [3.05, 3.63) is 69.6 Å². The summed E-state index contributed by atoms with van der Waals surface area (Å²) in [5, 5.41) is 3.02. The summed E-state index contributed by atoms with van der Waals surface area (Å²) in [5.74, 6) is -1.32. The van der Waals surface area contributed by atoms with Crippen LogP contribution in [0, 0.1) is 19.7 Å². The third-order valence-electron chi connectivity index (χ3n) is 4.39. The second-order valence-corrected chi connectivity index (χ2v) is 8.15. The lowest BCUT2D eigenvalue weighted by Gasteiger charge is -2.06. The number of thiazole rings is 1. The average molecular weight is 414 g/mol. The van der Waals surface area contributed by atoms with Gasteiger partial charge in [0.1, 0.15) is 10.7 Å². The smallest absolute Gasteiger partial charge is 0.348 e. The van der Waals surface area contributed by atoms with E-state index in [0.717, 1.165) is 27.9 Å². The summed E-state index contributed by atoms with van der Waals surface area (Å²) in [6.07, 6.45) is 1.70. The minimum Gasteiger partial charge on any atom is -0.453 e. The van der Waals surface area contributed by atoms with Gasteiger partial charge < -0.3 is 4.74 Å². The lowest BCUT2D eigenvalue weighted by atomic mass is 10.1. The number of Topliss-reactive ketones (excluding diaryl/α,β-unsaturated/α-hetero) is 1. The van der Waals surface area contributed by atoms with Crippen molar-refractivity contribution in [2.45, 2.75) is 13.8 Å². The van der Waals surface area contributed by atoms with Gasteiger partial charge in [-0.1, -0.05) is 6.07 Å². The highest BCUT2D eigenvalue weighted by Crippen LogP contribution is 2.28. The number of nitrogens with zero attached hydrogens (tertiary/aromatic N) is 2. The summed E-state index contributed by atoms with van der Waals surface area (Å²) in [5.41, 5.74) is 2.11. The van der Waals surface area contributed by atoms with Crippen LogP contribution in [0.1, 0.15) is 31.4 Å². The van der Waals surface area contributed by atoms with Crippen LogP contribution < -0.4 is 0 Å². The first-order valence-corrected chi connectivity index (χ1v) is 10.1. The van der Waals surface area contributed by atoms with Crippen molar-refractivity contribution >= 4 is 44.5 Å². The van der Waals surface area contributed by atoms with Crippen LogP contribution in [0.5, 0.6) is 0 Å². The molecule has 3 heterocycles. The highest BCUT2D eigenvalue weighted by molar-refractivity contribution is 7.20. The van der Waals surface area contributed by atoms with E-state index >= 15 is 0 Å². The quantitative estimate of drug-likeness (QED) is 0.343. The Kier molecular flexibility index (Phi) is 4.82. The van der Waals surface area contributed by atoms with Gasteiger partial charge in [0, 0.05) is 38.6 Å². The van der Waals surface area contributed by atoms with Gasteiger partial charge in [-0.15, -0.1) is 22.7 Å². The molecule has 0 unspecified atom stereocenters. The molecular weight excluding hydrogens is 399 g/mol. The zero-order valence-electron chi connectivity index (χ0n) is 15.1. The monoisotopic (exact) mass is 414 g/mol. The van der Waals surface area contributed by atoms with E-state index in [1.807, 2.05) is 23.8 Å². The lowest BCUT2D eigenvalue weighted by Crippen LogP contribution is -2.14. The van der Waals surface area contributed by atoms with Gasteiger partial charge in [0.25, 0.3) is 0 Å². The number of esters is 1. The van der Waals surface area contributed by atoms with Gasteiger partial charge >= 0.3 is 5.97 Å². The van der Waals surface area contributed by atoms with E-state index in [9.17, 15) is 14.0 Å². The molecular formula is C20H15FN2O3S2. The van der Waals surface area contributed by atoms with Crippen LogP contribution in [0.25, 0.3) is 15.2 Å². The fraction of sp³-hybridized carbons (Fsp3) is 0.150. The molecule has 0 atom stereocenters. The number of carbonyl (C=O) groups excluding carboxylic acids is 2. The molecule has 28 heavy (non-hydrogen) atoms. The number of fused-ring (bicyclic) bond motifs is 1. The maximum absolute atomic E-state index is 13.8. The Bertz CT molecular complexity index is 1190. The van der Waals surface area contributed by atoms with E-state index in [0.29, 0.717) is 15.6 Å². The fourth-order valence-corrected chi connectivity index (χ4v) is 4.79. The molecule has 0 aliphatic heterocycles. The van der Waals surface area contributed by atoms with Crippen LogP contribution >= 0.6 is 22.7 Å². The number of aromatic nitrogens is 2. The molecule has 142 valence electrons. The molecule has 4 rings (SSSR count). The first-order valence-electron chi connectivity index (χ1n) is 8.43. The number of ether oxygens (including phenoxy) is 1. The normalized spacial score (nSPS) is 11.1. The van der Waals surface area contributed by atoms with Crippen LogP contribution in [-0.4, -0.2) is 27.9 Å². The summed E-state index contributed by atoms with van der Waals surface area (Å²) in [6.45, 7) is 3.35. The lowest BCUT2D eigenvalue weighted by molar-refractivity contribution is 0.0479. The van der Waals surface area contributed by atoms with Gasteiger partial charge in [0.2, 0.25) is 5.78 Å². The molecule has 0 aliphatic carbocycles. The molecule has 0 N–H and O–H groups in total. The van der Waals surface area contributed by atoms with Gasteiger partial charge in [-0.3, -0.25) is 9.36 Å². The number of thiophene rings is 1. The summed E-state index contributed by atoms with van der Waals surface area (Å²) in [4.78, 5) is 29.4. The van der Waals surface area contributed by atoms with E-state index < -0.39 is 11.8 Å². The molecule has 0 saturated carbocycles. The maximum Gasteiger partial charge on any atom is 0.348 e. The van der Waals surface area contributed by atoms with Crippen molar-refractivity contribution in [1.82, 2.24) is 9.55 Å². The Morgan fingerprint density at radius 1 is 1.25 bits per heavy atom. The van der Waals surface area contributed by atoms with E-state index in [-0.39, 0.29) is 17.3 Å². The number of aryl methyl sites for hydroxylation is 1. The van der Waals surface area contributed by atoms with Crippen molar-refractivity contribution in [1.29, 1.82) is 0 Å². The molecule has 0 aliphatic rings. The number of carbonyl (C=O) groups is 2. The van der Waals surface area contributed by atoms with E-state index in [2.05, 4.69) is 4.98 Å². The standard InChI is InChI=1S/C20H15FN2O3S2/c1-11-8-13(12(2)23(11)20-22-6-7-27-20)16(24)10-26-19(25)18-9-14-15(21)4-3-5-17(14)28-18/h3-9H,10H2,1-2H3. The van der Waals surface area contributed by atoms with Crippen molar-refractivity contribution in [2.24, 2.45) is 0 Å². The predicted molar refractivity (Wildman–Crippen MR) is 107 cm³/mol. The first kappa shape index (κ1) is 18.5. The number of ketones is 1. The summed E-state index contributed by atoms with van der Waals surface area (Å²) in [6, 6.07) is 7.88. The van der Waals surface area contributed by atoms with Crippen LogP contribution in [-0.2, 0) is 4.74 Å². The molecule has 5 nitrogen and oxygen atoms in total. The molecule has 0 amide bonds. The molecule has 1 aromatic carbocycles. The zero-order valence-corrected chi connectivity index (χ0v) is 16.7. The molecule has 0 fully saturated rings. The van der Waals surface area contributed by atoms with E-state index in [4.69, 9.17) is 4.74 Å². The highest BCUT2D eigenvalue weighted by Gasteiger charge is 2.20. The second-order valence-electron chi connectivity index (χ2n) is 6.20. The summed E-state index contributed by atoms with van der Waals surface area (Å²) >= 11 is 2.61. The number of hydrogen-bond donors (Lipinski definition) is 0. The van der Waals surface area contributed by atoms with Gasteiger partial charge in [0.05, 0.1) is 0 Å². The van der Waals surface area contributed by atoms with Crippen LogP contribution in [0.3, 0.4) is 0 Å². The minimum absolute atomic E-state index is 0.265. The maximum atomic E-state index is 13.8. The third kappa shape index (κ3) is 3.25. The highest BCUT2D eigenvalue weighted by atomic mass is 32.1. The topological polar surface area (TPSA) is 61.2 Å². The first-order chi connectivity index (χ1) is 13.5. The Hall–Kier alpha value is -2.84. The SMILES string of the molecule is Cc1cc(C(=O)COC(=O)c2cc3c(F)cccc3s2)c(C)n1-c1nccs1. The van der Waals surface area contributed by atoms with Gasteiger partial charge in [-0.25, -0.2) is 14.2 Å². The number of rotatable bonds is 5. The van der Waals surface area contributed by atoms with Crippen molar-refractivity contribution in [2.75, 3.05) is 6.61 Å². The Labute approximate surface area is 168 Å². The summed E-state index contributed by atoms with van der Waals surface area (Å²) in [7, 11) is 0. The average Bonchev–Trinajstić information content (AvgIpc) is 3.39. The van der Waals surface area contributed by atoms with Crippen molar-refractivity contribution < 1.29 is 18.7 Å². The van der Waals surface area contributed by atoms with Crippen molar-refractivity contribution in [3.8, 4) is 5.13 Å². The largest absolute Gasteiger partial charge is 0.453 e. The number of hydrogen-bond acceptors (Lipinski definition) is 6. The number of benzene rings is 1. The Balaban J connectivity index is 1.50. The molecule has 0 saturated heterocycles. The summed E-state index contributed by atoms with van der Waals surface area (Å²) < 4.78 is 21.5. The molecule has 0 spiro atoms. The number of halogens is 1. The molecule has 3 aromatic heterocycles. The van der Waals surface area contributed by atoms with Gasteiger partial charge in [-0.2, -0.15) is 0 Å². The van der Waals surface area contributed by atoms with Gasteiger partial charge in [0.15, 0.2) is 11.7 Å². The van der Waals surface area contributed by atoms with E-state index in [1.54, 1.807) is 24.4 Å². The zero-order chi connectivity index (χ0) is 19.8. The minimum atomic E-state index is -0.636. The molecule has 0 radical (unpaired) electrons. The molecule has 0 bridgehead atoms. The van der Waals surface area contributed by atoms with Crippen molar-refractivity contribution in [3.63, 3.8) is 0 Å². The predicted octanol–water partition coefficient (Wildman–Crippen LogP) is 4.94. The van der Waals surface area contributed by atoms with Gasteiger partial charge in [-0.05, 0) is 38.1 Å². The molecule has 4 aromatic rings. The van der Waals surface area contributed by atoms with Crippen LogP contribution in [0.15, 0.2) is 41.9 Å². The Morgan fingerprint density at radius 2 is 2.07 bits per heavy atom.